The predicted octanol–water partition coefficient (Wildman–Crippen LogP) is 3.26. The van der Waals surface area contributed by atoms with Crippen molar-refractivity contribution < 1.29 is 19.1 Å². The minimum Gasteiger partial charge on any atom is -0.481 e. The molecule has 1 saturated carbocycles. The fourth-order valence-corrected chi connectivity index (χ4v) is 4.39. The highest BCUT2D eigenvalue weighted by molar-refractivity contribution is 6.06. The van der Waals surface area contributed by atoms with Crippen LogP contribution in [0, 0.1) is 5.92 Å². The predicted molar refractivity (Wildman–Crippen MR) is 122 cm³/mol. The third-order valence-corrected chi connectivity index (χ3v) is 6.04. The van der Waals surface area contributed by atoms with Crippen LogP contribution < -0.4 is 15.8 Å². The summed E-state index contributed by atoms with van der Waals surface area (Å²) >= 11 is 0. The molecule has 3 N–H and O–H groups in total. The van der Waals surface area contributed by atoms with E-state index in [2.05, 4.69) is 20.4 Å². The summed E-state index contributed by atoms with van der Waals surface area (Å²) in [5.41, 5.74) is 8.68. The largest absolute Gasteiger partial charge is 0.481 e. The molecule has 33 heavy (non-hydrogen) atoms. The van der Waals surface area contributed by atoms with Gasteiger partial charge in [0.05, 0.1) is 19.4 Å². The van der Waals surface area contributed by atoms with Gasteiger partial charge in [-0.05, 0) is 50.7 Å². The molecule has 0 aromatic carbocycles. The maximum absolute atomic E-state index is 13.3. The van der Waals surface area contributed by atoms with Crippen LogP contribution in [0.4, 0.5) is 10.6 Å². The molecule has 0 unspecified atom stereocenters. The second kappa shape index (κ2) is 9.85. The fourth-order valence-electron chi connectivity index (χ4n) is 4.39. The van der Waals surface area contributed by atoms with E-state index in [-0.39, 0.29) is 29.7 Å². The van der Waals surface area contributed by atoms with Crippen LogP contribution >= 0.6 is 0 Å². The molecule has 0 saturated heterocycles. The summed E-state index contributed by atoms with van der Waals surface area (Å²) in [6.07, 6.45) is 6.39. The van der Waals surface area contributed by atoms with Crippen molar-refractivity contribution in [3.63, 3.8) is 0 Å². The van der Waals surface area contributed by atoms with Gasteiger partial charge in [0.25, 0.3) is 0 Å². The third kappa shape index (κ3) is 4.89. The molecular formula is C23H28N6O4. The summed E-state index contributed by atoms with van der Waals surface area (Å²) in [6, 6.07) is 5.51. The Morgan fingerprint density at radius 1 is 1.21 bits per heavy atom. The number of aromatic nitrogens is 4. The Morgan fingerprint density at radius 2 is 2.00 bits per heavy atom. The van der Waals surface area contributed by atoms with Crippen molar-refractivity contribution in [3.8, 4) is 17.1 Å². The van der Waals surface area contributed by atoms with Gasteiger partial charge in [0.2, 0.25) is 5.88 Å². The molecule has 3 aromatic heterocycles. The molecule has 0 spiro atoms. The zero-order chi connectivity index (χ0) is 23.4. The van der Waals surface area contributed by atoms with Gasteiger partial charge < -0.3 is 20.5 Å². The number of Topliss-reactive ketones (excluding diaryl/α,β-unsaturated/α-hetero) is 1. The van der Waals surface area contributed by atoms with Crippen molar-refractivity contribution in [3.05, 3.63) is 36.3 Å². The molecular weight excluding hydrogens is 424 g/mol. The first kappa shape index (κ1) is 22.5. The molecule has 3 heterocycles. The van der Waals surface area contributed by atoms with Crippen LogP contribution in [0.5, 0.6) is 5.88 Å². The smallest absolute Gasteiger partial charge is 0.407 e. The van der Waals surface area contributed by atoms with E-state index >= 15 is 0 Å². The number of carbonyl (C=O) groups is 2. The highest BCUT2D eigenvalue weighted by Gasteiger charge is 2.27. The first-order chi connectivity index (χ1) is 16.0. The van der Waals surface area contributed by atoms with E-state index in [0.29, 0.717) is 35.7 Å². The van der Waals surface area contributed by atoms with Gasteiger partial charge in [0.1, 0.15) is 11.8 Å². The fraction of sp³-hybridized carbons (Fsp3) is 0.435. The second-order valence-corrected chi connectivity index (χ2v) is 8.15. The van der Waals surface area contributed by atoms with Crippen molar-refractivity contribution >= 4 is 23.2 Å². The van der Waals surface area contributed by atoms with Crippen molar-refractivity contribution in [1.29, 1.82) is 0 Å². The van der Waals surface area contributed by atoms with Gasteiger partial charge in [-0.1, -0.05) is 0 Å². The number of nitrogen functional groups attached to an aromatic ring is 1. The van der Waals surface area contributed by atoms with Crippen LogP contribution in [0.15, 0.2) is 30.7 Å². The molecule has 174 valence electrons. The molecule has 3 aromatic rings. The molecule has 0 bridgehead atoms. The van der Waals surface area contributed by atoms with Gasteiger partial charge in [-0.2, -0.15) is 5.10 Å². The van der Waals surface area contributed by atoms with E-state index in [4.69, 9.17) is 15.2 Å². The lowest BCUT2D eigenvalue weighted by Crippen LogP contribution is -2.38. The minimum atomic E-state index is -0.381. The molecule has 1 aliphatic carbocycles. The second-order valence-electron chi connectivity index (χ2n) is 8.15. The Labute approximate surface area is 191 Å². The molecule has 0 radical (unpaired) electrons. The Balaban J connectivity index is 1.53. The highest BCUT2D eigenvalue weighted by Crippen LogP contribution is 2.33. The molecule has 0 aliphatic heterocycles. The van der Waals surface area contributed by atoms with Gasteiger partial charge in [0, 0.05) is 35.9 Å². The normalized spacial score (nSPS) is 18.1. The lowest BCUT2D eigenvalue weighted by atomic mass is 9.82. The van der Waals surface area contributed by atoms with Crippen LogP contribution in [0.2, 0.25) is 0 Å². The summed E-state index contributed by atoms with van der Waals surface area (Å²) in [7, 11) is 1.55. The first-order valence-electron chi connectivity index (χ1n) is 11.1. The molecule has 4 rings (SSSR count). The Kier molecular flexibility index (Phi) is 6.71. The van der Waals surface area contributed by atoms with Gasteiger partial charge in [-0.3, -0.25) is 4.79 Å². The number of anilines is 1. The standard InChI is InChI=1S/C23H28N6O4/c1-3-33-23(31)28-16-6-4-14(5-7-16)10-19(30)17-12-18(15-8-9-25-20(11-15)32-2)29-21(17)22(24)26-13-27-29/h8-9,11-14,16H,3-7,10H2,1-2H3,(H,28,31)(H2,24,26,27). The van der Waals surface area contributed by atoms with Crippen LogP contribution in [-0.2, 0) is 4.74 Å². The zero-order valence-electron chi connectivity index (χ0n) is 18.8. The van der Waals surface area contributed by atoms with E-state index in [1.807, 2.05) is 12.1 Å². The number of methoxy groups -OCH3 is 1. The number of hydrogen-bond acceptors (Lipinski definition) is 8. The number of nitrogens with one attached hydrogen (secondary N) is 1. The third-order valence-electron chi connectivity index (χ3n) is 6.04. The number of ether oxygens (including phenoxy) is 2. The average molecular weight is 453 g/mol. The number of amides is 1. The Morgan fingerprint density at radius 3 is 2.73 bits per heavy atom. The van der Waals surface area contributed by atoms with Gasteiger partial charge >= 0.3 is 6.09 Å². The number of carbonyl (C=O) groups excluding carboxylic acids is 2. The first-order valence-corrected chi connectivity index (χ1v) is 11.1. The van der Waals surface area contributed by atoms with Gasteiger partial charge in [-0.15, -0.1) is 0 Å². The molecule has 1 fully saturated rings. The van der Waals surface area contributed by atoms with Crippen LogP contribution in [0.25, 0.3) is 16.8 Å². The monoisotopic (exact) mass is 452 g/mol. The number of ketones is 1. The topological polar surface area (TPSA) is 134 Å². The quantitative estimate of drug-likeness (QED) is 0.522. The summed E-state index contributed by atoms with van der Waals surface area (Å²) < 4.78 is 11.8. The van der Waals surface area contributed by atoms with E-state index in [0.717, 1.165) is 31.2 Å². The minimum absolute atomic E-state index is 0.00285. The van der Waals surface area contributed by atoms with E-state index in [1.165, 1.54) is 6.33 Å². The lowest BCUT2D eigenvalue weighted by Gasteiger charge is -2.28. The van der Waals surface area contributed by atoms with Crippen LogP contribution in [0.3, 0.4) is 0 Å². The van der Waals surface area contributed by atoms with E-state index in [1.54, 1.807) is 30.8 Å². The van der Waals surface area contributed by atoms with Gasteiger partial charge in [-0.25, -0.2) is 19.3 Å². The average Bonchev–Trinajstić information content (AvgIpc) is 3.22. The molecule has 1 aliphatic rings. The van der Waals surface area contributed by atoms with Crippen molar-refractivity contribution in [1.82, 2.24) is 24.9 Å². The van der Waals surface area contributed by atoms with Crippen molar-refractivity contribution in [2.24, 2.45) is 5.92 Å². The van der Waals surface area contributed by atoms with E-state index in [9.17, 15) is 9.59 Å². The Bertz CT molecular complexity index is 1150. The Hall–Kier alpha value is -3.69. The van der Waals surface area contributed by atoms with Crippen molar-refractivity contribution in [2.45, 2.75) is 45.1 Å². The number of alkyl carbamates (subject to hydrolysis) is 1. The molecule has 10 nitrogen and oxygen atoms in total. The van der Waals surface area contributed by atoms with Crippen molar-refractivity contribution in [2.75, 3.05) is 19.5 Å². The van der Waals surface area contributed by atoms with E-state index < -0.39 is 0 Å². The maximum atomic E-state index is 13.3. The molecule has 0 atom stereocenters. The maximum Gasteiger partial charge on any atom is 0.407 e. The number of rotatable bonds is 7. The summed E-state index contributed by atoms with van der Waals surface area (Å²) in [4.78, 5) is 33.2. The molecule has 1 amide bonds. The van der Waals surface area contributed by atoms with Crippen LogP contribution in [0.1, 0.15) is 49.4 Å². The summed E-state index contributed by atoms with van der Waals surface area (Å²) in [6.45, 7) is 2.13. The van der Waals surface area contributed by atoms with Gasteiger partial charge in [0.15, 0.2) is 11.6 Å². The molecule has 10 heteroatoms. The summed E-state index contributed by atoms with van der Waals surface area (Å²) in [5.74, 6) is 0.958. The lowest BCUT2D eigenvalue weighted by molar-refractivity contribution is 0.0944. The number of nitrogens with two attached hydrogens (primary N) is 1. The highest BCUT2D eigenvalue weighted by atomic mass is 16.5. The number of nitrogens with zero attached hydrogens (tertiary/aromatic N) is 4. The zero-order valence-corrected chi connectivity index (χ0v) is 18.8. The number of fused-ring (bicyclic) bond motifs is 1. The SMILES string of the molecule is CCOC(=O)NC1CCC(CC(=O)c2cc(-c3ccnc(OC)c3)n3ncnc(N)c23)CC1. The summed E-state index contributed by atoms with van der Waals surface area (Å²) in [5, 5.41) is 7.23. The van der Waals surface area contributed by atoms with Crippen LogP contribution in [-0.4, -0.2) is 51.2 Å². The number of hydrogen-bond donors (Lipinski definition) is 2. The number of pyridine rings is 1.